The van der Waals surface area contributed by atoms with E-state index >= 15 is 0 Å². The van der Waals surface area contributed by atoms with Crippen molar-refractivity contribution in [3.8, 4) is 0 Å². The Kier molecular flexibility index (Phi) is 4.03. The van der Waals surface area contributed by atoms with Crippen molar-refractivity contribution >= 4 is 16.7 Å². The summed E-state index contributed by atoms with van der Waals surface area (Å²) in [6, 6.07) is 5.95. The molecule has 3 rings (SSSR count). The third-order valence-corrected chi connectivity index (χ3v) is 3.72. The molecule has 5 nitrogen and oxygen atoms in total. The van der Waals surface area contributed by atoms with E-state index in [1.54, 1.807) is 12.4 Å². The van der Waals surface area contributed by atoms with Crippen molar-refractivity contribution in [3.63, 3.8) is 0 Å². The summed E-state index contributed by atoms with van der Waals surface area (Å²) in [6.07, 6.45) is 4.56. The second-order valence-corrected chi connectivity index (χ2v) is 5.84. The number of nitrogens with zero attached hydrogens (tertiary/aromatic N) is 2. The smallest absolute Gasteiger partial charge is 0.162 e. The maximum atomic E-state index is 5.68. The van der Waals surface area contributed by atoms with Crippen LogP contribution in [0, 0.1) is 5.92 Å². The molecule has 2 aromatic heterocycles. The summed E-state index contributed by atoms with van der Waals surface area (Å²) >= 11 is 0. The van der Waals surface area contributed by atoms with E-state index in [2.05, 4.69) is 15.3 Å². The second-order valence-electron chi connectivity index (χ2n) is 5.84. The molecule has 0 saturated carbocycles. The molecule has 112 valence electrons. The van der Waals surface area contributed by atoms with Gasteiger partial charge in [-0.1, -0.05) is 0 Å². The van der Waals surface area contributed by atoms with E-state index in [1.165, 1.54) is 0 Å². The van der Waals surface area contributed by atoms with Gasteiger partial charge in [0.25, 0.3) is 0 Å². The maximum Gasteiger partial charge on any atom is 0.162 e. The molecule has 1 saturated heterocycles. The first-order valence-corrected chi connectivity index (χ1v) is 7.35. The highest BCUT2D eigenvalue weighted by atomic mass is 16.7. The zero-order valence-corrected chi connectivity index (χ0v) is 12.5. The van der Waals surface area contributed by atoms with Gasteiger partial charge in [0.1, 0.15) is 0 Å². The normalized spacial score (nSPS) is 18.8. The minimum atomic E-state index is -0.434. The third-order valence-electron chi connectivity index (χ3n) is 3.72. The van der Waals surface area contributed by atoms with E-state index in [-0.39, 0.29) is 0 Å². The molecule has 3 heterocycles. The predicted molar refractivity (Wildman–Crippen MR) is 82.1 cm³/mol. The van der Waals surface area contributed by atoms with Gasteiger partial charge in [-0.3, -0.25) is 0 Å². The van der Waals surface area contributed by atoms with Crippen LogP contribution >= 0.6 is 0 Å². The molecule has 0 spiro atoms. The van der Waals surface area contributed by atoms with Gasteiger partial charge < -0.3 is 14.8 Å². The Morgan fingerprint density at radius 2 is 1.95 bits per heavy atom. The van der Waals surface area contributed by atoms with E-state index in [9.17, 15) is 0 Å². The van der Waals surface area contributed by atoms with Gasteiger partial charge >= 0.3 is 0 Å². The van der Waals surface area contributed by atoms with Crippen LogP contribution in [-0.2, 0) is 9.47 Å². The van der Waals surface area contributed by atoms with Crippen LogP contribution in [0.25, 0.3) is 11.0 Å². The van der Waals surface area contributed by atoms with E-state index in [1.807, 2.05) is 32.0 Å². The fourth-order valence-corrected chi connectivity index (χ4v) is 2.44. The van der Waals surface area contributed by atoms with Crippen LogP contribution in [0.3, 0.4) is 0 Å². The molecule has 1 aliphatic heterocycles. The van der Waals surface area contributed by atoms with Gasteiger partial charge in [0.15, 0.2) is 11.4 Å². The summed E-state index contributed by atoms with van der Waals surface area (Å²) < 4.78 is 11.4. The Bertz CT molecular complexity index is 600. The molecular weight excluding hydrogens is 266 g/mol. The summed E-state index contributed by atoms with van der Waals surface area (Å²) in [5.41, 5.74) is 1.85. The average molecular weight is 287 g/mol. The topological polar surface area (TPSA) is 56.3 Å². The molecule has 1 N–H and O–H groups in total. The Morgan fingerprint density at radius 3 is 2.76 bits per heavy atom. The zero-order chi connectivity index (χ0) is 14.7. The number of aromatic nitrogens is 2. The number of nitrogens with one attached hydrogen (secondary N) is 1. The van der Waals surface area contributed by atoms with Gasteiger partial charge in [-0.2, -0.15) is 0 Å². The minimum absolute atomic E-state index is 0.434. The Morgan fingerprint density at radius 1 is 1.19 bits per heavy atom. The molecule has 0 unspecified atom stereocenters. The molecule has 2 aromatic rings. The molecule has 21 heavy (non-hydrogen) atoms. The summed E-state index contributed by atoms with van der Waals surface area (Å²) in [7, 11) is 0. The van der Waals surface area contributed by atoms with E-state index in [0.29, 0.717) is 5.92 Å². The third kappa shape index (κ3) is 3.49. The first-order valence-electron chi connectivity index (χ1n) is 7.35. The summed E-state index contributed by atoms with van der Waals surface area (Å²) in [5, 5.41) is 4.52. The van der Waals surface area contributed by atoms with E-state index in [4.69, 9.17) is 9.47 Å². The van der Waals surface area contributed by atoms with Gasteiger partial charge in [-0.25, -0.2) is 9.97 Å². The molecule has 0 aromatic carbocycles. The van der Waals surface area contributed by atoms with Crippen molar-refractivity contribution < 1.29 is 9.47 Å². The Labute approximate surface area is 124 Å². The summed E-state index contributed by atoms with van der Waals surface area (Å²) in [6.45, 7) is 6.31. The first-order chi connectivity index (χ1) is 10.1. The number of fused-ring (bicyclic) bond motifs is 1. The molecule has 1 fully saturated rings. The Hall–Kier alpha value is -1.72. The van der Waals surface area contributed by atoms with Crippen LogP contribution in [0.1, 0.15) is 20.3 Å². The predicted octanol–water partition coefficient (Wildman–Crippen LogP) is 2.83. The number of anilines is 1. The monoisotopic (exact) mass is 287 g/mol. The number of hydrogen-bond acceptors (Lipinski definition) is 5. The highest BCUT2D eigenvalue weighted by molar-refractivity contribution is 5.88. The molecule has 0 radical (unpaired) electrons. The lowest BCUT2D eigenvalue weighted by Crippen LogP contribution is -2.39. The summed E-state index contributed by atoms with van der Waals surface area (Å²) in [5.74, 6) is 0.00781. The molecule has 0 atom stereocenters. The van der Waals surface area contributed by atoms with E-state index < -0.39 is 5.79 Å². The minimum Gasteiger partial charge on any atom is -0.384 e. The van der Waals surface area contributed by atoms with Gasteiger partial charge in [0.2, 0.25) is 0 Å². The molecule has 1 aliphatic rings. The van der Waals surface area contributed by atoms with Gasteiger partial charge in [-0.05, 0) is 38.5 Å². The highest BCUT2D eigenvalue weighted by Crippen LogP contribution is 2.23. The number of pyridine rings is 2. The van der Waals surface area contributed by atoms with Crippen LogP contribution < -0.4 is 5.32 Å². The average Bonchev–Trinajstić information content (AvgIpc) is 2.49. The standard InChI is InChI=1S/C16H21N3O2/c1-16(2)20-10-12(11-21-16)5-8-17-14-6-9-19-15-13(14)4-3-7-18-15/h3-4,6-7,9,12H,5,8,10-11H2,1-2H3,(H,17,18,19). The molecule has 0 bridgehead atoms. The van der Waals surface area contributed by atoms with Gasteiger partial charge in [0, 0.05) is 35.9 Å². The second kappa shape index (κ2) is 5.95. The molecule has 0 amide bonds. The maximum absolute atomic E-state index is 5.68. The van der Waals surface area contributed by atoms with Crippen LogP contribution in [0.15, 0.2) is 30.6 Å². The SMILES string of the molecule is CC1(C)OCC(CCNc2ccnc3ncccc23)CO1. The zero-order valence-electron chi connectivity index (χ0n) is 12.5. The van der Waals surface area contributed by atoms with Crippen LogP contribution in [0.2, 0.25) is 0 Å². The largest absolute Gasteiger partial charge is 0.384 e. The first kappa shape index (κ1) is 14.2. The molecular formula is C16H21N3O2. The lowest BCUT2D eigenvalue weighted by molar-refractivity contribution is -0.262. The number of rotatable bonds is 4. The molecule has 0 aliphatic carbocycles. The van der Waals surface area contributed by atoms with Crippen molar-refractivity contribution in [3.05, 3.63) is 30.6 Å². The fourth-order valence-electron chi connectivity index (χ4n) is 2.44. The van der Waals surface area contributed by atoms with E-state index in [0.717, 1.165) is 42.9 Å². The fraction of sp³-hybridized carbons (Fsp3) is 0.500. The lowest BCUT2D eigenvalue weighted by atomic mass is 10.1. The Balaban J connectivity index is 1.56. The van der Waals surface area contributed by atoms with Gasteiger partial charge in [0.05, 0.1) is 13.2 Å². The number of ether oxygens (including phenoxy) is 2. The number of hydrogen-bond donors (Lipinski definition) is 1. The van der Waals surface area contributed by atoms with Crippen molar-refractivity contribution in [1.82, 2.24) is 9.97 Å². The highest BCUT2D eigenvalue weighted by Gasteiger charge is 2.27. The van der Waals surface area contributed by atoms with Crippen LogP contribution in [0.5, 0.6) is 0 Å². The van der Waals surface area contributed by atoms with Crippen molar-refractivity contribution in [1.29, 1.82) is 0 Å². The van der Waals surface area contributed by atoms with Crippen molar-refractivity contribution in [2.45, 2.75) is 26.1 Å². The van der Waals surface area contributed by atoms with Crippen molar-refractivity contribution in [2.24, 2.45) is 5.92 Å². The quantitative estimate of drug-likeness (QED) is 0.937. The van der Waals surface area contributed by atoms with Crippen molar-refractivity contribution in [2.75, 3.05) is 25.1 Å². The van der Waals surface area contributed by atoms with Crippen LogP contribution in [-0.4, -0.2) is 35.5 Å². The molecule has 5 heteroatoms. The lowest BCUT2D eigenvalue weighted by Gasteiger charge is -2.35. The van der Waals surface area contributed by atoms with Gasteiger partial charge in [-0.15, -0.1) is 0 Å². The summed E-state index contributed by atoms with van der Waals surface area (Å²) in [4.78, 5) is 8.53. The van der Waals surface area contributed by atoms with Crippen LogP contribution in [0.4, 0.5) is 5.69 Å².